The number of rotatable bonds is 2. The van der Waals surface area contributed by atoms with Crippen LogP contribution in [0.5, 0.6) is 0 Å². The van der Waals surface area contributed by atoms with Crippen molar-refractivity contribution in [2.24, 2.45) is 15.6 Å². The molecule has 5 heteroatoms. The van der Waals surface area contributed by atoms with E-state index in [1.165, 1.54) is 0 Å². The maximum Gasteiger partial charge on any atom is 0.111 e. The van der Waals surface area contributed by atoms with Crippen LogP contribution in [0.4, 0.5) is 5.69 Å². The van der Waals surface area contributed by atoms with Gasteiger partial charge in [0, 0.05) is 0 Å². The van der Waals surface area contributed by atoms with Crippen LogP contribution in [0.15, 0.2) is 45.9 Å². The highest BCUT2D eigenvalue weighted by Crippen LogP contribution is 2.09. The summed E-state index contributed by atoms with van der Waals surface area (Å²) in [4.78, 5) is 2.42. The quantitative estimate of drug-likeness (QED) is 0.267. The zero-order chi connectivity index (χ0) is 7.94. The second-order valence-electron chi connectivity index (χ2n) is 1.70. The monoisotopic (exact) mass is 147 g/mol. The minimum atomic E-state index is 0.667. The molecule has 0 aliphatic rings. The summed E-state index contributed by atoms with van der Waals surface area (Å²) in [6.45, 7) is 0. The Labute approximate surface area is 63.0 Å². The van der Waals surface area contributed by atoms with Gasteiger partial charge in [-0.25, -0.2) is 0 Å². The molecule has 0 bridgehead atoms. The average molecular weight is 147 g/mol. The van der Waals surface area contributed by atoms with E-state index in [1.807, 2.05) is 18.2 Å². The first-order chi connectivity index (χ1) is 5.43. The van der Waals surface area contributed by atoms with E-state index in [-0.39, 0.29) is 0 Å². The largest absolute Gasteiger partial charge is 0.163 e. The number of hydrogen-bond acceptors (Lipinski definition) is 1. The predicted octanol–water partition coefficient (Wildman–Crippen LogP) is 3.00. The fourth-order valence-corrected chi connectivity index (χ4v) is 0.584. The van der Waals surface area contributed by atoms with Crippen molar-refractivity contribution in [1.82, 2.24) is 0 Å². The third kappa shape index (κ3) is 2.47. The molecule has 0 unspecified atom stereocenters. The first-order valence-electron chi connectivity index (χ1n) is 2.93. The molecule has 0 heterocycles. The Morgan fingerprint density at radius 3 is 2.55 bits per heavy atom. The van der Waals surface area contributed by atoms with Gasteiger partial charge in [-0.2, -0.15) is 4.91 Å². The summed E-state index contributed by atoms with van der Waals surface area (Å²) in [5, 5.41) is 9.70. The Hall–Kier alpha value is -1.87. The molecule has 1 aromatic carbocycles. The zero-order valence-corrected chi connectivity index (χ0v) is 5.62. The van der Waals surface area contributed by atoms with E-state index >= 15 is 0 Å². The minimum Gasteiger partial charge on any atom is -0.163 e. The van der Waals surface area contributed by atoms with Crippen molar-refractivity contribution in [3.8, 4) is 0 Å². The van der Waals surface area contributed by atoms with Gasteiger partial charge in [0.15, 0.2) is 0 Å². The summed E-state index contributed by atoms with van der Waals surface area (Å²) in [5.41, 5.74) is 8.52. The zero-order valence-electron chi connectivity index (χ0n) is 5.62. The van der Waals surface area contributed by atoms with Gasteiger partial charge >= 0.3 is 0 Å². The Morgan fingerprint density at radius 2 is 1.91 bits per heavy atom. The van der Waals surface area contributed by atoms with Crippen LogP contribution in [-0.4, -0.2) is 0 Å². The molecule has 5 nitrogen and oxygen atoms in total. The summed E-state index contributed by atoms with van der Waals surface area (Å²) in [6.07, 6.45) is 0. The van der Waals surface area contributed by atoms with E-state index in [1.54, 1.807) is 12.1 Å². The second-order valence-corrected chi connectivity index (χ2v) is 1.70. The Bertz CT molecular complexity index is 285. The predicted molar refractivity (Wildman–Crippen MR) is 40.1 cm³/mol. The fraction of sp³-hybridized carbons (Fsp3) is 0. The lowest BCUT2D eigenvalue weighted by molar-refractivity contribution is 1.04. The van der Waals surface area contributed by atoms with Crippen LogP contribution in [-0.2, 0) is 0 Å². The molecule has 0 aromatic heterocycles. The van der Waals surface area contributed by atoms with E-state index in [0.29, 0.717) is 5.69 Å². The van der Waals surface area contributed by atoms with Crippen molar-refractivity contribution >= 4 is 5.69 Å². The molecule has 54 valence electrons. The van der Waals surface area contributed by atoms with Crippen LogP contribution in [0.1, 0.15) is 0 Å². The number of azide groups is 1. The third-order valence-corrected chi connectivity index (χ3v) is 0.996. The van der Waals surface area contributed by atoms with E-state index in [4.69, 9.17) is 5.53 Å². The van der Waals surface area contributed by atoms with E-state index in [2.05, 4.69) is 20.5 Å². The summed E-state index contributed by atoms with van der Waals surface area (Å²) in [6, 6.07) is 9.04. The van der Waals surface area contributed by atoms with Crippen LogP contribution >= 0.6 is 0 Å². The van der Waals surface area contributed by atoms with Crippen LogP contribution in [0, 0.1) is 0 Å². The van der Waals surface area contributed by atoms with Crippen LogP contribution in [0.3, 0.4) is 0 Å². The molecule has 0 radical (unpaired) electrons. The van der Waals surface area contributed by atoms with Crippen LogP contribution < -0.4 is 0 Å². The molecule has 0 fully saturated rings. The highest BCUT2D eigenvalue weighted by atomic mass is 15.5. The van der Waals surface area contributed by atoms with E-state index < -0.39 is 0 Å². The summed E-state index contributed by atoms with van der Waals surface area (Å²) in [5.74, 6) is 0. The molecular formula is C6H5N5. The van der Waals surface area contributed by atoms with Gasteiger partial charge in [-0.1, -0.05) is 18.2 Å². The summed E-state index contributed by atoms with van der Waals surface area (Å²) < 4.78 is 0. The molecule has 0 saturated carbocycles. The van der Waals surface area contributed by atoms with Crippen LogP contribution in [0.2, 0.25) is 0 Å². The van der Waals surface area contributed by atoms with Gasteiger partial charge in [-0.05, 0) is 17.2 Å². The van der Waals surface area contributed by atoms with Crippen molar-refractivity contribution in [2.45, 2.75) is 0 Å². The Kier molecular flexibility index (Phi) is 2.65. The molecule has 0 spiro atoms. The van der Waals surface area contributed by atoms with Gasteiger partial charge in [0.1, 0.15) is 10.9 Å². The normalized spacial score (nSPS) is 9.45. The lowest BCUT2D eigenvalue weighted by Gasteiger charge is -1.81. The van der Waals surface area contributed by atoms with Crippen molar-refractivity contribution in [3.63, 3.8) is 0 Å². The van der Waals surface area contributed by atoms with Gasteiger partial charge in [0.25, 0.3) is 0 Å². The lowest BCUT2D eigenvalue weighted by Crippen LogP contribution is -1.58. The fourth-order valence-electron chi connectivity index (χ4n) is 0.584. The molecular weight excluding hydrogens is 142 g/mol. The van der Waals surface area contributed by atoms with E-state index in [9.17, 15) is 0 Å². The van der Waals surface area contributed by atoms with Gasteiger partial charge in [-0.3, -0.25) is 0 Å². The Morgan fingerprint density at radius 1 is 1.18 bits per heavy atom. The highest BCUT2D eigenvalue weighted by Gasteiger charge is 1.84. The van der Waals surface area contributed by atoms with E-state index in [0.717, 1.165) is 0 Å². The highest BCUT2D eigenvalue weighted by molar-refractivity contribution is 5.34. The number of benzene rings is 1. The van der Waals surface area contributed by atoms with Crippen molar-refractivity contribution < 1.29 is 0 Å². The number of nitrogens with zero attached hydrogens (tertiary/aromatic N) is 5. The van der Waals surface area contributed by atoms with Crippen molar-refractivity contribution in [2.75, 3.05) is 0 Å². The maximum atomic E-state index is 7.85. The van der Waals surface area contributed by atoms with Gasteiger partial charge in [-0.15, -0.1) is 5.53 Å². The molecule has 0 aliphatic carbocycles. The van der Waals surface area contributed by atoms with Crippen molar-refractivity contribution in [1.29, 1.82) is 0 Å². The molecule has 0 aliphatic heterocycles. The van der Waals surface area contributed by atoms with Gasteiger partial charge in [0.2, 0.25) is 0 Å². The lowest BCUT2D eigenvalue weighted by atomic mass is 10.3. The first-order valence-corrected chi connectivity index (χ1v) is 2.93. The molecule has 0 saturated heterocycles. The third-order valence-electron chi connectivity index (χ3n) is 0.996. The minimum absolute atomic E-state index is 0.667. The smallest absolute Gasteiger partial charge is 0.111 e. The first kappa shape index (κ1) is 7.24. The average Bonchev–Trinajstić information content (AvgIpc) is 2.07. The maximum absolute atomic E-state index is 7.85. The molecule has 0 N–H and O–H groups in total. The summed E-state index contributed by atoms with van der Waals surface area (Å²) >= 11 is 0. The standard InChI is InChI=1S/C6H5N5/c7-9-11-10-8-6-4-2-1-3-5-6/h1-5H/b10-8+. The molecule has 1 rings (SSSR count). The molecule has 0 amide bonds. The Balaban J connectivity index is 2.72. The van der Waals surface area contributed by atoms with Crippen molar-refractivity contribution in [3.05, 3.63) is 40.8 Å². The SMILES string of the molecule is [N-]=[N+]=N/N=N/c1ccccc1. The summed E-state index contributed by atoms with van der Waals surface area (Å²) in [7, 11) is 0. The molecule has 11 heavy (non-hydrogen) atoms. The van der Waals surface area contributed by atoms with Gasteiger partial charge < -0.3 is 0 Å². The molecule has 0 atom stereocenters. The van der Waals surface area contributed by atoms with Crippen LogP contribution in [0.25, 0.3) is 10.4 Å². The van der Waals surface area contributed by atoms with Gasteiger partial charge in [0.05, 0.1) is 5.22 Å². The topological polar surface area (TPSA) is 73.5 Å². The number of hydrogen-bond donors (Lipinski definition) is 0. The molecule has 1 aromatic rings. The second kappa shape index (κ2) is 4.03.